The molecular weight excluding hydrogens is 238 g/mol. The molecule has 0 spiro atoms. The third-order valence-electron chi connectivity index (χ3n) is 4.40. The second kappa shape index (κ2) is 6.53. The molecule has 2 rings (SSSR count). The lowest BCUT2D eigenvalue weighted by molar-refractivity contribution is -0.0693. The van der Waals surface area contributed by atoms with E-state index in [4.69, 9.17) is 4.74 Å². The molecule has 0 saturated carbocycles. The van der Waals surface area contributed by atoms with Crippen molar-refractivity contribution in [1.29, 1.82) is 0 Å². The summed E-state index contributed by atoms with van der Waals surface area (Å²) < 4.78 is 5.78. The normalized spacial score (nSPS) is 37.1. The van der Waals surface area contributed by atoms with Crippen LogP contribution in [0, 0.1) is 5.41 Å². The average molecular weight is 269 g/mol. The second-order valence-electron chi connectivity index (χ2n) is 6.99. The van der Waals surface area contributed by atoms with Crippen LogP contribution in [0.15, 0.2) is 0 Å². The summed E-state index contributed by atoms with van der Waals surface area (Å²) >= 11 is 0. The number of rotatable bonds is 5. The Morgan fingerprint density at radius 2 is 2.00 bits per heavy atom. The number of nitrogens with zero attached hydrogens (tertiary/aromatic N) is 2. The van der Waals surface area contributed by atoms with Crippen LogP contribution in [0.1, 0.15) is 27.2 Å². The minimum atomic E-state index is 0.380. The first-order valence-corrected chi connectivity index (χ1v) is 7.74. The lowest BCUT2D eigenvalue weighted by atomic mass is 9.89. The second-order valence-corrected chi connectivity index (χ2v) is 6.99. The fourth-order valence-corrected chi connectivity index (χ4v) is 3.51. The molecule has 2 aliphatic rings. The van der Waals surface area contributed by atoms with Gasteiger partial charge in [0.15, 0.2) is 0 Å². The van der Waals surface area contributed by atoms with Crippen molar-refractivity contribution >= 4 is 0 Å². The van der Waals surface area contributed by atoms with Crippen LogP contribution >= 0.6 is 0 Å². The molecule has 2 saturated heterocycles. The van der Waals surface area contributed by atoms with Crippen molar-refractivity contribution in [1.82, 2.24) is 15.1 Å². The summed E-state index contributed by atoms with van der Waals surface area (Å²) in [7, 11) is 2.26. The molecule has 0 aromatic rings. The first-order valence-electron chi connectivity index (χ1n) is 7.74. The smallest absolute Gasteiger partial charge is 0.0678 e. The van der Waals surface area contributed by atoms with E-state index in [0.717, 1.165) is 26.2 Å². The summed E-state index contributed by atoms with van der Waals surface area (Å²) in [5.41, 5.74) is 0.473. The molecule has 112 valence electrons. The summed E-state index contributed by atoms with van der Waals surface area (Å²) in [4.78, 5) is 5.04. The number of hydrogen-bond donors (Lipinski definition) is 1. The number of likely N-dealkylation sites (N-methyl/N-ethyl adjacent to an activating group) is 1. The zero-order chi connectivity index (χ0) is 13.9. The molecule has 4 heteroatoms. The fraction of sp³-hybridized carbons (Fsp3) is 1.00. The van der Waals surface area contributed by atoms with Gasteiger partial charge in [0.25, 0.3) is 0 Å². The van der Waals surface area contributed by atoms with E-state index in [1.54, 1.807) is 0 Å². The van der Waals surface area contributed by atoms with Gasteiger partial charge in [0.2, 0.25) is 0 Å². The van der Waals surface area contributed by atoms with Gasteiger partial charge in [-0.3, -0.25) is 4.90 Å². The number of hydrogen-bond acceptors (Lipinski definition) is 4. The lowest BCUT2D eigenvalue weighted by Gasteiger charge is -2.37. The zero-order valence-corrected chi connectivity index (χ0v) is 13.1. The van der Waals surface area contributed by atoms with Crippen molar-refractivity contribution in [3.63, 3.8) is 0 Å². The molecule has 2 aliphatic heterocycles. The molecule has 3 atom stereocenters. The largest absolute Gasteiger partial charge is 0.373 e. The van der Waals surface area contributed by atoms with Gasteiger partial charge < -0.3 is 15.0 Å². The van der Waals surface area contributed by atoms with Gasteiger partial charge in [-0.2, -0.15) is 0 Å². The topological polar surface area (TPSA) is 27.7 Å². The van der Waals surface area contributed by atoms with Crippen LogP contribution < -0.4 is 5.32 Å². The SMILES string of the molecule is C[C@@H]1CN(CCN(C)CC2(C)CCNC2)C[C@H](C)O1. The van der Waals surface area contributed by atoms with Crippen LogP contribution in [0.2, 0.25) is 0 Å². The van der Waals surface area contributed by atoms with E-state index in [-0.39, 0.29) is 0 Å². The molecule has 2 heterocycles. The van der Waals surface area contributed by atoms with E-state index < -0.39 is 0 Å². The summed E-state index contributed by atoms with van der Waals surface area (Å²) in [6.45, 7) is 14.8. The number of nitrogens with one attached hydrogen (secondary N) is 1. The predicted octanol–water partition coefficient (Wildman–Crippen LogP) is 1.03. The standard InChI is InChI=1S/C15H31N3O/c1-13-9-18(10-14(2)19-13)8-7-17(4)12-15(3)5-6-16-11-15/h13-14,16H,5-12H2,1-4H3/t13-,14+,15?. The minimum absolute atomic E-state index is 0.380. The Kier molecular flexibility index (Phi) is 5.23. The van der Waals surface area contributed by atoms with E-state index in [1.807, 2.05) is 0 Å². The van der Waals surface area contributed by atoms with Gasteiger partial charge in [0.1, 0.15) is 0 Å². The Bertz CT molecular complexity index is 269. The van der Waals surface area contributed by atoms with Crippen LogP contribution in [-0.4, -0.2) is 74.9 Å². The van der Waals surface area contributed by atoms with Crippen molar-refractivity contribution < 1.29 is 4.74 Å². The highest BCUT2D eigenvalue weighted by Crippen LogP contribution is 2.25. The number of morpholine rings is 1. The maximum atomic E-state index is 5.78. The van der Waals surface area contributed by atoms with E-state index in [0.29, 0.717) is 17.6 Å². The highest BCUT2D eigenvalue weighted by molar-refractivity contribution is 4.86. The highest BCUT2D eigenvalue weighted by atomic mass is 16.5. The Morgan fingerprint density at radius 3 is 2.58 bits per heavy atom. The quantitative estimate of drug-likeness (QED) is 0.807. The van der Waals surface area contributed by atoms with Gasteiger partial charge in [0.05, 0.1) is 12.2 Å². The van der Waals surface area contributed by atoms with Crippen LogP contribution in [-0.2, 0) is 4.74 Å². The molecule has 0 aliphatic carbocycles. The Labute approximate surface area is 118 Å². The van der Waals surface area contributed by atoms with E-state index >= 15 is 0 Å². The molecule has 2 fully saturated rings. The molecular formula is C15H31N3O. The van der Waals surface area contributed by atoms with E-state index in [1.165, 1.54) is 26.1 Å². The maximum absolute atomic E-state index is 5.78. The third kappa shape index (κ3) is 4.71. The summed E-state index contributed by atoms with van der Waals surface area (Å²) in [6.07, 6.45) is 2.07. The average Bonchev–Trinajstić information content (AvgIpc) is 2.72. The van der Waals surface area contributed by atoms with Crippen molar-refractivity contribution in [3.05, 3.63) is 0 Å². The van der Waals surface area contributed by atoms with Crippen LogP contribution in [0.25, 0.3) is 0 Å². The Morgan fingerprint density at radius 1 is 1.32 bits per heavy atom. The molecule has 19 heavy (non-hydrogen) atoms. The molecule has 0 aromatic carbocycles. The Balaban J connectivity index is 1.69. The van der Waals surface area contributed by atoms with Crippen molar-refractivity contribution in [2.45, 2.75) is 39.4 Å². The minimum Gasteiger partial charge on any atom is -0.373 e. The maximum Gasteiger partial charge on any atom is 0.0678 e. The molecule has 1 N–H and O–H groups in total. The fourth-order valence-electron chi connectivity index (χ4n) is 3.51. The Hall–Kier alpha value is -0.160. The van der Waals surface area contributed by atoms with Gasteiger partial charge in [-0.25, -0.2) is 0 Å². The third-order valence-corrected chi connectivity index (χ3v) is 4.40. The first kappa shape index (κ1) is 15.2. The lowest BCUT2D eigenvalue weighted by Crippen LogP contribution is -2.48. The van der Waals surface area contributed by atoms with E-state index in [2.05, 4.69) is 42.9 Å². The molecule has 0 radical (unpaired) electrons. The van der Waals surface area contributed by atoms with Crippen molar-refractivity contribution in [2.24, 2.45) is 5.41 Å². The predicted molar refractivity (Wildman–Crippen MR) is 79.5 cm³/mol. The summed E-state index contributed by atoms with van der Waals surface area (Å²) in [5, 5.41) is 3.48. The molecule has 0 aromatic heterocycles. The zero-order valence-electron chi connectivity index (χ0n) is 13.1. The molecule has 0 bridgehead atoms. The number of ether oxygens (including phenoxy) is 1. The van der Waals surface area contributed by atoms with Crippen LogP contribution in [0.5, 0.6) is 0 Å². The van der Waals surface area contributed by atoms with Crippen molar-refractivity contribution in [3.8, 4) is 0 Å². The molecule has 4 nitrogen and oxygen atoms in total. The summed E-state index contributed by atoms with van der Waals surface area (Å²) in [5.74, 6) is 0. The van der Waals surface area contributed by atoms with E-state index in [9.17, 15) is 0 Å². The molecule has 1 unspecified atom stereocenters. The van der Waals surface area contributed by atoms with Crippen LogP contribution in [0.4, 0.5) is 0 Å². The van der Waals surface area contributed by atoms with Gasteiger partial charge in [-0.05, 0) is 39.3 Å². The van der Waals surface area contributed by atoms with Gasteiger partial charge >= 0.3 is 0 Å². The molecule has 0 amide bonds. The summed E-state index contributed by atoms with van der Waals surface area (Å²) in [6, 6.07) is 0. The monoisotopic (exact) mass is 269 g/mol. The highest BCUT2D eigenvalue weighted by Gasteiger charge is 2.30. The first-order chi connectivity index (χ1) is 8.97. The van der Waals surface area contributed by atoms with Gasteiger partial charge in [-0.15, -0.1) is 0 Å². The van der Waals surface area contributed by atoms with Crippen molar-refractivity contribution in [2.75, 3.05) is 52.9 Å². The van der Waals surface area contributed by atoms with Crippen LogP contribution in [0.3, 0.4) is 0 Å². The van der Waals surface area contributed by atoms with Gasteiger partial charge in [-0.1, -0.05) is 6.92 Å². The van der Waals surface area contributed by atoms with Gasteiger partial charge in [0, 0.05) is 39.3 Å².